The van der Waals surface area contributed by atoms with E-state index in [9.17, 15) is 9.59 Å². The van der Waals surface area contributed by atoms with Crippen molar-refractivity contribution in [3.63, 3.8) is 0 Å². The first kappa shape index (κ1) is 15.5. The highest BCUT2D eigenvalue weighted by molar-refractivity contribution is 8.00. The molecule has 0 unspecified atom stereocenters. The zero-order valence-electron chi connectivity index (χ0n) is 12.3. The van der Waals surface area contributed by atoms with Gasteiger partial charge in [0.1, 0.15) is 5.01 Å². The van der Waals surface area contributed by atoms with Crippen LogP contribution in [0.1, 0.15) is 30.7 Å². The van der Waals surface area contributed by atoms with E-state index < -0.39 is 0 Å². The molecule has 9 heteroatoms. The molecule has 0 spiro atoms. The number of carbonyl (C=O) groups excluding carboxylic acids is 2. The third kappa shape index (κ3) is 3.70. The summed E-state index contributed by atoms with van der Waals surface area (Å²) in [6, 6.07) is 0.467. The largest absolute Gasteiger partial charge is 0.332 e. The molecule has 2 saturated heterocycles. The molecule has 2 aliphatic heterocycles. The average Bonchev–Trinajstić information content (AvgIpc) is 3.12. The fourth-order valence-electron chi connectivity index (χ4n) is 2.80. The van der Waals surface area contributed by atoms with Gasteiger partial charge in [0.25, 0.3) is 0 Å². The molecule has 3 amide bonds. The summed E-state index contributed by atoms with van der Waals surface area (Å²) in [5, 5.41) is 18.3. The monoisotopic (exact) mass is 341 g/mol. The fraction of sp³-hybridized carbons (Fsp3) is 0.692. The summed E-state index contributed by atoms with van der Waals surface area (Å²) in [6.45, 7) is 1.86. The van der Waals surface area contributed by atoms with Crippen LogP contribution in [0.4, 0.5) is 9.93 Å². The van der Waals surface area contributed by atoms with Crippen LogP contribution in [0.5, 0.6) is 0 Å². The van der Waals surface area contributed by atoms with E-state index in [1.807, 2.05) is 18.7 Å². The third-order valence-electron chi connectivity index (χ3n) is 3.85. The first-order chi connectivity index (χ1) is 10.6. The van der Waals surface area contributed by atoms with Crippen LogP contribution < -0.4 is 16.0 Å². The topological polar surface area (TPSA) is 96.0 Å². The van der Waals surface area contributed by atoms with Gasteiger partial charge in [-0.3, -0.25) is 4.79 Å². The van der Waals surface area contributed by atoms with Crippen LogP contribution >= 0.6 is 23.1 Å². The highest BCUT2D eigenvalue weighted by atomic mass is 32.2. The predicted octanol–water partition coefficient (Wildman–Crippen LogP) is 1.51. The molecule has 1 aromatic rings. The molecule has 1 aromatic heterocycles. The van der Waals surface area contributed by atoms with Crippen LogP contribution in [0.15, 0.2) is 0 Å². The van der Waals surface area contributed by atoms with Crippen molar-refractivity contribution in [3.05, 3.63) is 5.01 Å². The molecule has 22 heavy (non-hydrogen) atoms. The molecule has 3 rings (SSSR count). The maximum Gasteiger partial charge on any atom is 0.315 e. The number of urea groups is 1. The number of aromatic nitrogens is 2. The van der Waals surface area contributed by atoms with Crippen molar-refractivity contribution in [1.29, 1.82) is 0 Å². The van der Waals surface area contributed by atoms with Gasteiger partial charge in [0.15, 0.2) is 0 Å². The van der Waals surface area contributed by atoms with Crippen LogP contribution in [0.2, 0.25) is 0 Å². The predicted molar refractivity (Wildman–Crippen MR) is 87.2 cm³/mol. The van der Waals surface area contributed by atoms with E-state index in [1.54, 1.807) is 0 Å². The summed E-state index contributed by atoms with van der Waals surface area (Å²) in [7, 11) is 0. The molecule has 3 heterocycles. The Morgan fingerprint density at radius 1 is 1.36 bits per heavy atom. The van der Waals surface area contributed by atoms with Crippen LogP contribution in [-0.4, -0.2) is 45.2 Å². The number of thioether (sulfide) groups is 1. The van der Waals surface area contributed by atoms with Gasteiger partial charge in [0, 0.05) is 17.4 Å². The number of amides is 3. The smallest absolute Gasteiger partial charge is 0.315 e. The lowest BCUT2D eigenvalue weighted by atomic mass is 10.0. The summed E-state index contributed by atoms with van der Waals surface area (Å²) in [5.41, 5.74) is 0. The summed E-state index contributed by atoms with van der Waals surface area (Å²) < 4.78 is 0. The molecule has 2 fully saturated rings. The van der Waals surface area contributed by atoms with Crippen molar-refractivity contribution < 1.29 is 9.59 Å². The number of nitrogens with one attached hydrogen (secondary N) is 3. The second kappa shape index (κ2) is 6.82. The van der Waals surface area contributed by atoms with Gasteiger partial charge in [-0.1, -0.05) is 17.8 Å². The summed E-state index contributed by atoms with van der Waals surface area (Å²) in [6.07, 6.45) is 3.35. The molecule has 0 radical (unpaired) electrons. The Labute approximate surface area is 137 Å². The first-order valence-electron chi connectivity index (χ1n) is 7.40. The SMILES string of the molecule is Cc1nnc(NC(=O)CCCC[C@@H]2SC[C@H]3NC(=O)N[C@H]23)s1. The molecule has 3 atom stereocenters. The van der Waals surface area contributed by atoms with Gasteiger partial charge in [-0.25, -0.2) is 4.79 Å². The second-order valence-corrected chi connectivity index (χ2v) is 8.00. The van der Waals surface area contributed by atoms with E-state index >= 15 is 0 Å². The normalized spacial score (nSPS) is 26.4. The number of rotatable bonds is 6. The van der Waals surface area contributed by atoms with Crippen molar-refractivity contribution in [2.75, 3.05) is 11.1 Å². The Morgan fingerprint density at radius 3 is 3.00 bits per heavy atom. The number of fused-ring (bicyclic) bond motifs is 1. The third-order valence-corrected chi connectivity index (χ3v) is 6.12. The minimum atomic E-state index is -0.0490. The highest BCUT2D eigenvalue weighted by Crippen LogP contribution is 2.33. The number of hydrogen-bond acceptors (Lipinski definition) is 6. The highest BCUT2D eigenvalue weighted by Gasteiger charge is 2.42. The van der Waals surface area contributed by atoms with Gasteiger partial charge >= 0.3 is 6.03 Å². The molecule has 7 nitrogen and oxygen atoms in total. The van der Waals surface area contributed by atoms with Crippen LogP contribution in [0, 0.1) is 6.92 Å². The Hall–Kier alpha value is -1.35. The van der Waals surface area contributed by atoms with Gasteiger partial charge in [0.05, 0.1) is 12.1 Å². The second-order valence-electron chi connectivity index (χ2n) is 5.54. The van der Waals surface area contributed by atoms with Gasteiger partial charge in [-0.15, -0.1) is 10.2 Å². The minimum Gasteiger partial charge on any atom is -0.332 e. The number of anilines is 1. The maximum atomic E-state index is 11.8. The maximum absolute atomic E-state index is 11.8. The zero-order valence-corrected chi connectivity index (χ0v) is 13.9. The molecule has 0 aliphatic carbocycles. The Morgan fingerprint density at radius 2 is 2.23 bits per heavy atom. The molecule has 3 N–H and O–H groups in total. The van der Waals surface area contributed by atoms with E-state index in [1.165, 1.54) is 11.3 Å². The van der Waals surface area contributed by atoms with Crippen molar-refractivity contribution >= 4 is 40.2 Å². The number of aryl methyl sites for hydroxylation is 1. The quantitative estimate of drug-likeness (QED) is 0.538. The van der Waals surface area contributed by atoms with Crippen molar-refractivity contribution in [1.82, 2.24) is 20.8 Å². The van der Waals surface area contributed by atoms with Crippen LogP contribution in [0.3, 0.4) is 0 Å². The van der Waals surface area contributed by atoms with Crippen molar-refractivity contribution in [2.45, 2.75) is 49.9 Å². The molecule has 0 bridgehead atoms. The van der Waals surface area contributed by atoms with E-state index in [0.717, 1.165) is 30.0 Å². The van der Waals surface area contributed by atoms with E-state index in [0.29, 0.717) is 16.8 Å². The summed E-state index contributed by atoms with van der Waals surface area (Å²) >= 11 is 3.29. The van der Waals surface area contributed by atoms with E-state index in [2.05, 4.69) is 26.1 Å². The molecular formula is C13H19N5O2S2. The van der Waals surface area contributed by atoms with Gasteiger partial charge < -0.3 is 16.0 Å². The molecule has 0 aromatic carbocycles. The van der Waals surface area contributed by atoms with Gasteiger partial charge in [0.2, 0.25) is 11.0 Å². The van der Waals surface area contributed by atoms with E-state index in [4.69, 9.17) is 0 Å². The lowest BCUT2D eigenvalue weighted by molar-refractivity contribution is -0.116. The summed E-state index contributed by atoms with van der Waals surface area (Å²) in [4.78, 5) is 23.1. The van der Waals surface area contributed by atoms with Crippen molar-refractivity contribution in [2.24, 2.45) is 0 Å². The number of hydrogen-bond donors (Lipinski definition) is 3. The standard InChI is InChI=1S/C13H19N5O2S2/c1-7-17-18-13(22-7)15-10(19)5-3-2-4-9-11-8(6-21-9)14-12(20)16-11/h8-9,11H,2-6H2,1H3,(H2,14,16,20)(H,15,18,19)/t8-,9+,11+/m1/s1. The molecule has 2 aliphatic rings. The van der Waals surface area contributed by atoms with Gasteiger partial charge in [-0.2, -0.15) is 11.8 Å². The number of nitrogens with zero attached hydrogens (tertiary/aromatic N) is 2. The Balaban J connectivity index is 1.34. The number of unbranched alkanes of at least 4 members (excludes halogenated alkanes) is 1. The Bertz CT molecular complexity index is 564. The summed E-state index contributed by atoms with van der Waals surface area (Å²) in [5.74, 6) is 0.967. The number of carbonyl (C=O) groups is 2. The molecule has 0 saturated carbocycles. The fourth-order valence-corrected chi connectivity index (χ4v) is 4.95. The molecule has 120 valence electrons. The lowest BCUT2D eigenvalue weighted by Crippen LogP contribution is -2.36. The first-order valence-corrected chi connectivity index (χ1v) is 9.27. The minimum absolute atomic E-state index is 0.0102. The average molecular weight is 341 g/mol. The molecular weight excluding hydrogens is 322 g/mol. The van der Waals surface area contributed by atoms with E-state index in [-0.39, 0.29) is 24.0 Å². The van der Waals surface area contributed by atoms with Gasteiger partial charge in [-0.05, 0) is 19.8 Å². The van der Waals surface area contributed by atoms with Crippen molar-refractivity contribution in [3.8, 4) is 0 Å². The van der Waals surface area contributed by atoms with Crippen LogP contribution in [0.25, 0.3) is 0 Å². The lowest BCUT2D eigenvalue weighted by Gasteiger charge is -2.16. The Kier molecular flexibility index (Phi) is 4.82. The van der Waals surface area contributed by atoms with Crippen LogP contribution in [-0.2, 0) is 4.79 Å². The zero-order chi connectivity index (χ0) is 15.5.